The fourth-order valence-electron chi connectivity index (χ4n) is 3.65. The molecule has 0 N–H and O–H groups in total. The van der Waals surface area contributed by atoms with Crippen LogP contribution in [0.2, 0.25) is 0 Å². The number of carbonyl (C=O) groups excluding carboxylic acids is 1. The number of rotatable bonds is 7. The van der Waals surface area contributed by atoms with E-state index in [1.165, 1.54) is 0 Å². The Kier molecular flexibility index (Phi) is 6.42. The molecule has 0 aliphatic carbocycles. The molecule has 1 aliphatic rings. The van der Waals surface area contributed by atoms with Crippen molar-refractivity contribution >= 4 is 5.91 Å². The first-order valence-corrected chi connectivity index (χ1v) is 10.7. The Bertz CT molecular complexity index is 945. The fourth-order valence-corrected chi connectivity index (χ4v) is 3.65. The van der Waals surface area contributed by atoms with Crippen LogP contribution in [0, 0.1) is 0 Å². The lowest BCUT2D eigenvalue weighted by Gasteiger charge is -2.30. The number of aromatic nitrogens is 2. The van der Waals surface area contributed by atoms with Crippen LogP contribution in [0.5, 0.6) is 5.75 Å². The van der Waals surface area contributed by atoms with Gasteiger partial charge in [-0.2, -0.15) is 4.98 Å². The summed E-state index contributed by atoms with van der Waals surface area (Å²) < 4.78 is 11.2. The summed E-state index contributed by atoms with van der Waals surface area (Å²) in [4.78, 5) is 19.3. The lowest BCUT2D eigenvalue weighted by molar-refractivity contribution is 0.0704. The van der Waals surface area contributed by atoms with Crippen molar-refractivity contribution in [1.82, 2.24) is 15.0 Å². The van der Waals surface area contributed by atoms with Gasteiger partial charge in [0, 0.05) is 30.1 Å². The first-order valence-electron chi connectivity index (χ1n) is 10.7. The second-order valence-electron chi connectivity index (χ2n) is 7.62. The molecule has 0 radical (unpaired) electrons. The highest BCUT2D eigenvalue weighted by atomic mass is 16.5. The zero-order valence-electron chi connectivity index (χ0n) is 17.3. The van der Waals surface area contributed by atoms with E-state index in [9.17, 15) is 4.79 Å². The molecule has 0 unspecified atom stereocenters. The molecule has 0 atom stereocenters. The Balaban J connectivity index is 1.32. The minimum atomic E-state index is 0.0593. The summed E-state index contributed by atoms with van der Waals surface area (Å²) in [7, 11) is 0. The summed E-state index contributed by atoms with van der Waals surface area (Å²) in [5.41, 5.74) is 1.64. The van der Waals surface area contributed by atoms with Crippen molar-refractivity contribution in [1.29, 1.82) is 0 Å². The Labute approximate surface area is 176 Å². The Hall–Kier alpha value is -3.15. The highest BCUT2D eigenvalue weighted by Gasteiger charge is 2.28. The minimum Gasteiger partial charge on any atom is -0.494 e. The Morgan fingerprint density at radius 2 is 1.83 bits per heavy atom. The maximum absolute atomic E-state index is 12.8. The minimum absolute atomic E-state index is 0.0593. The average molecular weight is 405 g/mol. The summed E-state index contributed by atoms with van der Waals surface area (Å²) in [6.07, 6.45) is 3.77. The van der Waals surface area contributed by atoms with Crippen LogP contribution in [0.3, 0.4) is 0 Å². The first kappa shape index (κ1) is 20.1. The number of hydrogen-bond donors (Lipinski definition) is 0. The van der Waals surface area contributed by atoms with Gasteiger partial charge >= 0.3 is 0 Å². The van der Waals surface area contributed by atoms with Crippen LogP contribution < -0.4 is 4.74 Å². The van der Waals surface area contributed by atoms with E-state index >= 15 is 0 Å². The Morgan fingerprint density at radius 1 is 1.10 bits per heavy atom. The second kappa shape index (κ2) is 9.57. The predicted molar refractivity (Wildman–Crippen MR) is 114 cm³/mol. The molecular weight excluding hydrogens is 378 g/mol. The van der Waals surface area contributed by atoms with Crippen LogP contribution in [-0.4, -0.2) is 40.6 Å². The van der Waals surface area contributed by atoms with E-state index in [0.29, 0.717) is 37.0 Å². The molecule has 4 rings (SSSR count). The normalized spacial score (nSPS) is 14.6. The van der Waals surface area contributed by atoms with E-state index in [1.807, 2.05) is 59.5 Å². The average Bonchev–Trinajstić information content (AvgIpc) is 3.30. The number of amides is 1. The van der Waals surface area contributed by atoms with Crippen molar-refractivity contribution in [2.45, 2.75) is 38.5 Å². The lowest BCUT2D eigenvalue weighted by Crippen LogP contribution is -2.38. The van der Waals surface area contributed by atoms with Gasteiger partial charge in [0.1, 0.15) is 5.75 Å². The summed E-state index contributed by atoms with van der Waals surface area (Å²) in [5.74, 6) is 2.33. The van der Waals surface area contributed by atoms with Gasteiger partial charge in [-0.25, -0.2) is 0 Å². The van der Waals surface area contributed by atoms with Gasteiger partial charge < -0.3 is 14.2 Å². The SMILES string of the molecule is CCCCOc1ccc(C(=O)N2CCC(c3nc(-c4ccccc4)no3)CC2)cc1. The number of ether oxygens (including phenoxy) is 1. The van der Waals surface area contributed by atoms with Crippen LogP contribution in [0.25, 0.3) is 11.4 Å². The monoisotopic (exact) mass is 405 g/mol. The zero-order valence-corrected chi connectivity index (χ0v) is 17.3. The standard InChI is InChI=1S/C24H27N3O3/c1-2-3-17-29-21-11-9-20(10-12-21)24(28)27-15-13-19(14-16-27)23-25-22(26-30-23)18-7-5-4-6-8-18/h4-12,19H,2-3,13-17H2,1H3. The van der Waals surface area contributed by atoms with E-state index in [2.05, 4.69) is 17.1 Å². The molecule has 1 saturated heterocycles. The highest BCUT2D eigenvalue weighted by Crippen LogP contribution is 2.29. The third-order valence-electron chi connectivity index (χ3n) is 5.47. The topological polar surface area (TPSA) is 68.5 Å². The van der Waals surface area contributed by atoms with Gasteiger partial charge in [-0.1, -0.05) is 48.8 Å². The molecule has 1 aliphatic heterocycles. The number of nitrogens with zero attached hydrogens (tertiary/aromatic N) is 3. The molecule has 0 saturated carbocycles. The van der Waals surface area contributed by atoms with Gasteiger partial charge in [-0.15, -0.1) is 0 Å². The van der Waals surface area contributed by atoms with Gasteiger partial charge in [-0.3, -0.25) is 4.79 Å². The first-order chi connectivity index (χ1) is 14.7. The van der Waals surface area contributed by atoms with Gasteiger partial charge in [0.05, 0.1) is 6.61 Å². The summed E-state index contributed by atoms with van der Waals surface area (Å²) in [6.45, 7) is 4.20. The van der Waals surface area contributed by atoms with Crippen molar-refractivity contribution < 1.29 is 14.1 Å². The third kappa shape index (κ3) is 4.70. The van der Waals surface area contributed by atoms with Crippen molar-refractivity contribution in [3.8, 4) is 17.1 Å². The van der Waals surface area contributed by atoms with Crippen LogP contribution in [0.4, 0.5) is 0 Å². The third-order valence-corrected chi connectivity index (χ3v) is 5.47. The second-order valence-corrected chi connectivity index (χ2v) is 7.62. The number of carbonyl (C=O) groups is 1. The smallest absolute Gasteiger partial charge is 0.253 e. The van der Waals surface area contributed by atoms with Gasteiger partial charge in [-0.05, 0) is 43.5 Å². The number of likely N-dealkylation sites (tertiary alicyclic amines) is 1. The van der Waals surface area contributed by atoms with E-state index in [-0.39, 0.29) is 11.8 Å². The van der Waals surface area contributed by atoms with E-state index in [0.717, 1.165) is 37.0 Å². The molecule has 2 aromatic carbocycles. The molecule has 0 bridgehead atoms. The largest absolute Gasteiger partial charge is 0.494 e. The predicted octanol–water partition coefficient (Wildman–Crippen LogP) is 4.94. The quantitative estimate of drug-likeness (QED) is 0.521. The van der Waals surface area contributed by atoms with E-state index in [4.69, 9.17) is 9.26 Å². The molecule has 30 heavy (non-hydrogen) atoms. The molecule has 2 heterocycles. The molecular formula is C24H27N3O3. The molecule has 6 nitrogen and oxygen atoms in total. The van der Waals surface area contributed by atoms with Crippen molar-refractivity contribution in [2.24, 2.45) is 0 Å². The molecule has 3 aromatic rings. The van der Waals surface area contributed by atoms with Gasteiger partial charge in [0.2, 0.25) is 11.7 Å². The number of unbranched alkanes of at least 4 members (excludes halogenated alkanes) is 1. The fraction of sp³-hybridized carbons (Fsp3) is 0.375. The molecule has 1 amide bonds. The molecule has 1 aromatic heterocycles. The number of hydrogen-bond acceptors (Lipinski definition) is 5. The van der Waals surface area contributed by atoms with Crippen molar-refractivity contribution in [2.75, 3.05) is 19.7 Å². The van der Waals surface area contributed by atoms with Crippen LogP contribution in [0.1, 0.15) is 54.8 Å². The number of piperidine rings is 1. The number of benzene rings is 2. The Morgan fingerprint density at radius 3 is 2.53 bits per heavy atom. The summed E-state index contributed by atoms with van der Waals surface area (Å²) in [5, 5.41) is 4.12. The van der Waals surface area contributed by atoms with Crippen LogP contribution >= 0.6 is 0 Å². The van der Waals surface area contributed by atoms with E-state index < -0.39 is 0 Å². The summed E-state index contributed by atoms with van der Waals surface area (Å²) >= 11 is 0. The van der Waals surface area contributed by atoms with Gasteiger partial charge in [0.15, 0.2) is 0 Å². The summed E-state index contributed by atoms with van der Waals surface area (Å²) in [6, 6.07) is 17.3. The van der Waals surface area contributed by atoms with Gasteiger partial charge in [0.25, 0.3) is 5.91 Å². The van der Waals surface area contributed by atoms with Crippen LogP contribution in [0.15, 0.2) is 59.1 Å². The maximum Gasteiger partial charge on any atom is 0.253 e. The van der Waals surface area contributed by atoms with Crippen molar-refractivity contribution in [3.63, 3.8) is 0 Å². The highest BCUT2D eigenvalue weighted by molar-refractivity contribution is 5.94. The maximum atomic E-state index is 12.8. The van der Waals surface area contributed by atoms with E-state index in [1.54, 1.807) is 0 Å². The molecule has 6 heteroatoms. The van der Waals surface area contributed by atoms with Crippen LogP contribution in [-0.2, 0) is 0 Å². The molecule has 1 fully saturated rings. The molecule has 156 valence electrons. The van der Waals surface area contributed by atoms with Crippen molar-refractivity contribution in [3.05, 3.63) is 66.1 Å². The molecule has 0 spiro atoms. The zero-order chi connectivity index (χ0) is 20.8. The lowest BCUT2D eigenvalue weighted by atomic mass is 9.96.